The summed E-state index contributed by atoms with van der Waals surface area (Å²) in [4.78, 5) is -0.573. The first-order chi connectivity index (χ1) is 12.1. The number of rotatable bonds is 6. The van der Waals surface area contributed by atoms with Crippen LogP contribution in [0.1, 0.15) is 11.1 Å². The van der Waals surface area contributed by atoms with Gasteiger partial charge in [-0.3, -0.25) is 0 Å². The Kier molecular flexibility index (Phi) is 6.21. The largest absolute Gasteiger partial charge is 0.496 e. The highest BCUT2D eigenvalue weighted by Crippen LogP contribution is 2.34. The molecule has 0 aliphatic rings. The molecule has 0 bridgehead atoms. The second-order valence-corrected chi connectivity index (χ2v) is 7.95. The van der Waals surface area contributed by atoms with Crippen LogP contribution in [0.5, 0.6) is 5.75 Å². The molecule has 2 aromatic rings. The van der Waals surface area contributed by atoms with Crippen LogP contribution in [0.15, 0.2) is 47.4 Å². The van der Waals surface area contributed by atoms with Gasteiger partial charge in [0.1, 0.15) is 10.6 Å². The first kappa shape index (κ1) is 20.5. The van der Waals surface area contributed by atoms with E-state index in [-0.39, 0.29) is 11.6 Å². The molecule has 0 atom stereocenters. The molecule has 0 amide bonds. The second-order valence-electron chi connectivity index (χ2n) is 5.53. The molecule has 0 unspecified atom stereocenters. The van der Waals surface area contributed by atoms with E-state index in [0.717, 1.165) is 22.0 Å². The predicted molar refractivity (Wildman–Crippen MR) is 93.0 cm³/mol. The average Bonchev–Trinajstić information content (AvgIpc) is 2.58. The summed E-state index contributed by atoms with van der Waals surface area (Å²) >= 11 is 5.85. The fourth-order valence-corrected chi connectivity index (χ4v) is 4.02. The van der Waals surface area contributed by atoms with Gasteiger partial charge in [0, 0.05) is 13.6 Å². The van der Waals surface area contributed by atoms with Gasteiger partial charge in [-0.15, -0.1) is 0 Å². The maximum Gasteiger partial charge on any atom is 0.416 e. The van der Waals surface area contributed by atoms with Gasteiger partial charge >= 0.3 is 6.18 Å². The summed E-state index contributed by atoms with van der Waals surface area (Å²) in [6.07, 6.45) is -4.33. The van der Waals surface area contributed by atoms with Crippen molar-refractivity contribution in [1.29, 1.82) is 0 Å². The summed E-state index contributed by atoms with van der Waals surface area (Å²) in [5.41, 5.74) is -0.286. The van der Waals surface area contributed by atoms with Crippen molar-refractivity contribution in [3.63, 3.8) is 0 Å². The van der Waals surface area contributed by atoms with E-state index < -0.39 is 26.7 Å². The number of methoxy groups -OCH3 is 1. The molecule has 0 saturated carbocycles. The second kappa shape index (κ2) is 7.85. The molecule has 0 aliphatic carbocycles. The van der Waals surface area contributed by atoms with Crippen LogP contribution in [0.2, 0.25) is 5.02 Å². The minimum absolute atomic E-state index is 0.0509. The Morgan fingerprint density at radius 3 is 2.42 bits per heavy atom. The van der Waals surface area contributed by atoms with Crippen molar-refractivity contribution < 1.29 is 26.3 Å². The Balaban J connectivity index is 2.27. The van der Waals surface area contributed by atoms with Gasteiger partial charge in [-0.1, -0.05) is 29.8 Å². The molecule has 2 aromatic carbocycles. The summed E-state index contributed by atoms with van der Waals surface area (Å²) in [5.74, 6) is 0.607. The molecule has 0 heterocycles. The zero-order chi connectivity index (χ0) is 19.5. The van der Waals surface area contributed by atoms with Crippen LogP contribution in [0.3, 0.4) is 0 Å². The van der Waals surface area contributed by atoms with Crippen LogP contribution >= 0.6 is 11.6 Å². The number of nitrogens with zero attached hydrogens (tertiary/aromatic N) is 1. The maximum atomic E-state index is 12.9. The quantitative estimate of drug-likeness (QED) is 0.720. The Morgan fingerprint density at radius 2 is 1.81 bits per heavy atom. The van der Waals surface area contributed by atoms with Crippen molar-refractivity contribution in [1.82, 2.24) is 4.31 Å². The highest BCUT2D eigenvalue weighted by molar-refractivity contribution is 7.89. The lowest BCUT2D eigenvalue weighted by molar-refractivity contribution is -0.137. The number of alkyl halides is 3. The molecule has 0 N–H and O–H groups in total. The lowest BCUT2D eigenvalue weighted by Crippen LogP contribution is -2.29. The normalized spacial score (nSPS) is 12.4. The van der Waals surface area contributed by atoms with Crippen LogP contribution in [-0.2, 0) is 22.6 Å². The highest BCUT2D eigenvalue weighted by atomic mass is 35.5. The molecular formula is C17H17ClF3NO3S. The van der Waals surface area contributed by atoms with Gasteiger partial charge < -0.3 is 4.74 Å². The predicted octanol–water partition coefficient (Wildman–Crippen LogP) is 4.23. The topological polar surface area (TPSA) is 46.6 Å². The molecule has 9 heteroatoms. The molecule has 0 radical (unpaired) electrons. The standard InChI is InChI=1S/C17H17ClF3NO3S/c1-22(10-9-12-5-3-4-6-15(12)25-2)26(23,24)16-11-13(17(19,20)21)7-8-14(16)18/h3-8,11H,9-10H2,1-2H3. The molecule has 142 valence electrons. The number of likely N-dealkylation sites (N-methyl/N-ethyl adjacent to an activating group) is 1. The molecule has 2 rings (SSSR count). The zero-order valence-electron chi connectivity index (χ0n) is 14.0. The Labute approximate surface area is 155 Å². The fraction of sp³-hybridized carbons (Fsp3) is 0.294. The third-order valence-electron chi connectivity index (χ3n) is 3.84. The van der Waals surface area contributed by atoms with Crippen molar-refractivity contribution in [2.45, 2.75) is 17.5 Å². The fourth-order valence-electron chi connectivity index (χ4n) is 2.35. The van der Waals surface area contributed by atoms with Crippen molar-refractivity contribution in [3.8, 4) is 5.75 Å². The van der Waals surface area contributed by atoms with E-state index in [1.165, 1.54) is 14.2 Å². The monoisotopic (exact) mass is 407 g/mol. The average molecular weight is 408 g/mol. The van der Waals surface area contributed by atoms with Crippen LogP contribution in [0, 0.1) is 0 Å². The first-order valence-electron chi connectivity index (χ1n) is 7.52. The zero-order valence-corrected chi connectivity index (χ0v) is 15.6. The smallest absolute Gasteiger partial charge is 0.416 e. The van der Waals surface area contributed by atoms with E-state index in [9.17, 15) is 21.6 Å². The summed E-state index contributed by atoms with van der Waals surface area (Å²) < 4.78 is 70.1. The molecule has 0 aromatic heterocycles. The Bertz CT molecular complexity index is 885. The minimum atomic E-state index is -4.66. The third kappa shape index (κ3) is 4.49. The number of halogens is 4. The summed E-state index contributed by atoms with van der Waals surface area (Å²) in [6.45, 7) is 0.0509. The molecule has 0 spiro atoms. The van der Waals surface area contributed by atoms with Gasteiger partial charge in [0.15, 0.2) is 0 Å². The van der Waals surface area contributed by atoms with E-state index in [2.05, 4.69) is 0 Å². The van der Waals surface area contributed by atoms with E-state index in [4.69, 9.17) is 16.3 Å². The van der Waals surface area contributed by atoms with Gasteiger partial charge in [-0.05, 0) is 36.2 Å². The minimum Gasteiger partial charge on any atom is -0.496 e. The Morgan fingerprint density at radius 1 is 1.15 bits per heavy atom. The SMILES string of the molecule is COc1ccccc1CCN(C)S(=O)(=O)c1cc(C(F)(F)F)ccc1Cl. The molecule has 0 fully saturated rings. The van der Waals surface area contributed by atoms with E-state index in [1.807, 2.05) is 0 Å². The summed E-state index contributed by atoms with van der Waals surface area (Å²) in [5, 5.41) is -0.262. The van der Waals surface area contributed by atoms with Gasteiger partial charge in [-0.25, -0.2) is 12.7 Å². The summed E-state index contributed by atoms with van der Waals surface area (Å²) in [6, 6.07) is 9.34. The number of para-hydroxylation sites is 1. The van der Waals surface area contributed by atoms with Gasteiger partial charge in [0.05, 0.1) is 17.7 Å². The molecule has 0 saturated heterocycles. The molecule has 0 aliphatic heterocycles. The number of ether oxygens (including phenoxy) is 1. The summed E-state index contributed by atoms with van der Waals surface area (Å²) in [7, 11) is -1.39. The van der Waals surface area contributed by atoms with Gasteiger partial charge in [0.2, 0.25) is 10.0 Å². The lowest BCUT2D eigenvalue weighted by atomic mass is 10.1. The Hall–Kier alpha value is -1.77. The number of sulfonamides is 1. The molecule has 4 nitrogen and oxygen atoms in total. The number of benzene rings is 2. The van der Waals surface area contributed by atoms with Crippen molar-refractivity contribution in [3.05, 3.63) is 58.6 Å². The van der Waals surface area contributed by atoms with Crippen molar-refractivity contribution in [2.24, 2.45) is 0 Å². The van der Waals surface area contributed by atoms with Crippen LogP contribution < -0.4 is 4.74 Å². The first-order valence-corrected chi connectivity index (χ1v) is 9.34. The van der Waals surface area contributed by atoms with Crippen LogP contribution in [0.25, 0.3) is 0 Å². The van der Waals surface area contributed by atoms with Gasteiger partial charge in [-0.2, -0.15) is 13.2 Å². The van der Waals surface area contributed by atoms with E-state index >= 15 is 0 Å². The number of hydrogen-bond acceptors (Lipinski definition) is 3. The highest BCUT2D eigenvalue weighted by Gasteiger charge is 2.33. The van der Waals surface area contributed by atoms with E-state index in [0.29, 0.717) is 18.2 Å². The third-order valence-corrected chi connectivity index (χ3v) is 6.17. The van der Waals surface area contributed by atoms with Gasteiger partial charge in [0.25, 0.3) is 0 Å². The van der Waals surface area contributed by atoms with E-state index in [1.54, 1.807) is 24.3 Å². The van der Waals surface area contributed by atoms with Crippen LogP contribution in [-0.4, -0.2) is 33.4 Å². The number of hydrogen-bond donors (Lipinski definition) is 0. The maximum absolute atomic E-state index is 12.9. The lowest BCUT2D eigenvalue weighted by Gasteiger charge is -2.19. The van der Waals surface area contributed by atoms with Crippen molar-refractivity contribution >= 4 is 21.6 Å². The molecule has 26 heavy (non-hydrogen) atoms. The van der Waals surface area contributed by atoms with Crippen LogP contribution in [0.4, 0.5) is 13.2 Å². The molecular weight excluding hydrogens is 391 g/mol. The van der Waals surface area contributed by atoms with Crippen molar-refractivity contribution in [2.75, 3.05) is 20.7 Å².